The SMILES string of the molecule is C=CCc1cccc(/C=N\NC(=O)CNc2cccc(Cl)c2)c1O. The van der Waals surface area contributed by atoms with Gasteiger partial charge in [-0.25, -0.2) is 5.43 Å². The number of aromatic hydroxyl groups is 1. The Labute approximate surface area is 145 Å². The number of para-hydroxylation sites is 1. The van der Waals surface area contributed by atoms with E-state index in [0.29, 0.717) is 17.0 Å². The van der Waals surface area contributed by atoms with Crippen molar-refractivity contribution < 1.29 is 9.90 Å². The molecule has 0 aromatic heterocycles. The molecule has 5 nitrogen and oxygen atoms in total. The molecule has 2 rings (SSSR count). The number of allylic oxidation sites excluding steroid dienone is 1. The lowest BCUT2D eigenvalue weighted by molar-refractivity contribution is -0.119. The van der Waals surface area contributed by atoms with Gasteiger partial charge >= 0.3 is 0 Å². The van der Waals surface area contributed by atoms with Gasteiger partial charge in [0, 0.05) is 16.3 Å². The molecule has 24 heavy (non-hydrogen) atoms. The highest BCUT2D eigenvalue weighted by molar-refractivity contribution is 6.30. The van der Waals surface area contributed by atoms with E-state index in [2.05, 4.69) is 22.4 Å². The molecule has 0 aliphatic rings. The molecular weight excluding hydrogens is 326 g/mol. The number of benzene rings is 2. The number of carbonyl (C=O) groups is 1. The van der Waals surface area contributed by atoms with Crippen LogP contribution in [-0.4, -0.2) is 23.8 Å². The Morgan fingerprint density at radius 3 is 2.83 bits per heavy atom. The van der Waals surface area contributed by atoms with Crippen LogP contribution >= 0.6 is 11.6 Å². The number of phenols is 1. The van der Waals surface area contributed by atoms with E-state index in [-0.39, 0.29) is 18.2 Å². The van der Waals surface area contributed by atoms with E-state index in [1.54, 1.807) is 30.3 Å². The summed E-state index contributed by atoms with van der Waals surface area (Å²) in [5, 5.41) is 17.5. The van der Waals surface area contributed by atoms with Crippen LogP contribution in [0.1, 0.15) is 11.1 Å². The molecule has 0 saturated heterocycles. The predicted octanol–water partition coefficient (Wildman–Crippen LogP) is 3.34. The maximum absolute atomic E-state index is 11.7. The monoisotopic (exact) mass is 343 g/mol. The molecule has 2 aromatic rings. The Hall–Kier alpha value is -2.79. The lowest BCUT2D eigenvalue weighted by Crippen LogP contribution is -2.25. The average Bonchev–Trinajstić information content (AvgIpc) is 2.56. The first-order valence-corrected chi connectivity index (χ1v) is 7.71. The van der Waals surface area contributed by atoms with Crippen molar-refractivity contribution >= 4 is 29.4 Å². The van der Waals surface area contributed by atoms with Crippen LogP contribution in [0.2, 0.25) is 5.02 Å². The topological polar surface area (TPSA) is 73.7 Å². The Balaban J connectivity index is 1.88. The quantitative estimate of drug-likeness (QED) is 0.410. The van der Waals surface area contributed by atoms with Crippen LogP contribution in [0.25, 0.3) is 0 Å². The van der Waals surface area contributed by atoms with E-state index in [1.165, 1.54) is 6.21 Å². The molecule has 2 aromatic carbocycles. The van der Waals surface area contributed by atoms with E-state index >= 15 is 0 Å². The number of nitrogens with one attached hydrogen (secondary N) is 2. The highest BCUT2D eigenvalue weighted by atomic mass is 35.5. The van der Waals surface area contributed by atoms with Gasteiger partial charge in [-0.2, -0.15) is 5.10 Å². The summed E-state index contributed by atoms with van der Waals surface area (Å²) in [6.45, 7) is 3.70. The molecule has 124 valence electrons. The van der Waals surface area contributed by atoms with Gasteiger partial charge in [0.2, 0.25) is 0 Å². The van der Waals surface area contributed by atoms with Crippen LogP contribution in [0.5, 0.6) is 5.75 Å². The van der Waals surface area contributed by atoms with E-state index in [1.807, 2.05) is 18.2 Å². The second-order valence-electron chi connectivity index (χ2n) is 5.00. The number of rotatable bonds is 7. The van der Waals surface area contributed by atoms with E-state index in [9.17, 15) is 9.90 Å². The van der Waals surface area contributed by atoms with Crippen molar-refractivity contribution in [1.29, 1.82) is 0 Å². The standard InChI is InChI=1S/C18H18ClN3O2/c1-2-5-13-6-3-7-14(18(13)24)11-21-22-17(23)12-20-16-9-4-8-15(19)10-16/h2-4,6-11,20,24H,1,5,12H2,(H,22,23)/b21-11-. The Morgan fingerprint density at radius 2 is 2.08 bits per heavy atom. The summed E-state index contributed by atoms with van der Waals surface area (Å²) in [6, 6.07) is 12.4. The second-order valence-corrected chi connectivity index (χ2v) is 5.44. The maximum atomic E-state index is 11.7. The second kappa shape index (κ2) is 8.74. The molecule has 0 bridgehead atoms. The van der Waals surface area contributed by atoms with Crippen LogP contribution in [-0.2, 0) is 11.2 Å². The van der Waals surface area contributed by atoms with Gasteiger partial charge in [0.25, 0.3) is 5.91 Å². The molecule has 0 aliphatic carbocycles. The third-order valence-corrected chi connectivity index (χ3v) is 3.42. The van der Waals surface area contributed by atoms with Gasteiger partial charge in [0.05, 0.1) is 12.8 Å². The normalized spacial score (nSPS) is 10.5. The van der Waals surface area contributed by atoms with Gasteiger partial charge in [-0.1, -0.05) is 35.9 Å². The lowest BCUT2D eigenvalue weighted by Gasteiger charge is -2.06. The molecule has 6 heteroatoms. The summed E-state index contributed by atoms with van der Waals surface area (Å²) >= 11 is 5.87. The van der Waals surface area contributed by atoms with Gasteiger partial charge < -0.3 is 10.4 Å². The van der Waals surface area contributed by atoms with Crippen molar-refractivity contribution in [1.82, 2.24) is 5.43 Å². The fraction of sp³-hybridized carbons (Fsp3) is 0.111. The predicted molar refractivity (Wildman–Crippen MR) is 97.7 cm³/mol. The molecule has 0 aliphatic heterocycles. The average molecular weight is 344 g/mol. The van der Waals surface area contributed by atoms with Gasteiger partial charge in [0.15, 0.2) is 0 Å². The zero-order chi connectivity index (χ0) is 17.4. The largest absolute Gasteiger partial charge is 0.507 e. The number of amides is 1. The van der Waals surface area contributed by atoms with Gasteiger partial charge in [-0.3, -0.25) is 4.79 Å². The number of hydrogen-bond acceptors (Lipinski definition) is 4. The zero-order valence-electron chi connectivity index (χ0n) is 13.0. The highest BCUT2D eigenvalue weighted by Gasteiger charge is 2.04. The van der Waals surface area contributed by atoms with Gasteiger partial charge in [0.1, 0.15) is 5.75 Å². The van der Waals surface area contributed by atoms with E-state index in [4.69, 9.17) is 11.6 Å². The minimum atomic E-state index is -0.312. The minimum absolute atomic E-state index is 0.0557. The molecule has 1 amide bonds. The first-order chi connectivity index (χ1) is 11.6. The Kier molecular flexibility index (Phi) is 6.40. The summed E-state index contributed by atoms with van der Waals surface area (Å²) in [7, 11) is 0. The number of halogens is 1. The van der Waals surface area contributed by atoms with Gasteiger partial charge in [-0.05, 0) is 36.2 Å². The third kappa shape index (κ3) is 5.14. The van der Waals surface area contributed by atoms with Crippen molar-refractivity contribution in [3.63, 3.8) is 0 Å². The van der Waals surface area contributed by atoms with Crippen LogP contribution in [0.15, 0.2) is 60.2 Å². The fourth-order valence-electron chi connectivity index (χ4n) is 2.03. The smallest absolute Gasteiger partial charge is 0.259 e. The number of phenolic OH excluding ortho intramolecular Hbond substituents is 1. The molecule has 0 heterocycles. The Morgan fingerprint density at radius 1 is 1.29 bits per heavy atom. The molecule has 0 spiro atoms. The van der Waals surface area contributed by atoms with E-state index in [0.717, 1.165) is 11.3 Å². The van der Waals surface area contributed by atoms with Crippen LogP contribution in [0.3, 0.4) is 0 Å². The number of hydrogen-bond donors (Lipinski definition) is 3. The van der Waals surface area contributed by atoms with Crippen molar-refractivity contribution in [3.8, 4) is 5.75 Å². The molecule has 0 saturated carbocycles. The van der Waals surface area contributed by atoms with E-state index < -0.39 is 0 Å². The summed E-state index contributed by atoms with van der Waals surface area (Å²) in [5.74, 6) is -0.180. The zero-order valence-corrected chi connectivity index (χ0v) is 13.8. The summed E-state index contributed by atoms with van der Waals surface area (Å²) in [4.78, 5) is 11.7. The number of carbonyl (C=O) groups excluding carboxylic acids is 1. The molecule has 0 unspecified atom stereocenters. The van der Waals surface area contributed by atoms with Crippen LogP contribution in [0, 0.1) is 0 Å². The van der Waals surface area contributed by atoms with Crippen molar-refractivity contribution in [3.05, 3.63) is 71.3 Å². The molecular formula is C18H18ClN3O2. The summed E-state index contributed by atoms with van der Waals surface area (Å²) in [6.07, 6.45) is 3.67. The van der Waals surface area contributed by atoms with Crippen molar-refractivity contribution in [2.75, 3.05) is 11.9 Å². The lowest BCUT2D eigenvalue weighted by atomic mass is 10.1. The van der Waals surface area contributed by atoms with Crippen LogP contribution in [0.4, 0.5) is 5.69 Å². The maximum Gasteiger partial charge on any atom is 0.259 e. The molecule has 0 radical (unpaired) electrons. The first kappa shape index (κ1) is 17.6. The summed E-state index contributed by atoms with van der Waals surface area (Å²) < 4.78 is 0. The molecule has 0 fully saturated rings. The molecule has 0 atom stereocenters. The van der Waals surface area contributed by atoms with Crippen LogP contribution < -0.4 is 10.7 Å². The van der Waals surface area contributed by atoms with Crippen molar-refractivity contribution in [2.24, 2.45) is 5.10 Å². The number of anilines is 1. The number of nitrogens with zero attached hydrogens (tertiary/aromatic N) is 1. The minimum Gasteiger partial charge on any atom is -0.507 e. The summed E-state index contributed by atoms with van der Waals surface area (Å²) in [5.41, 5.74) is 4.42. The third-order valence-electron chi connectivity index (χ3n) is 3.19. The molecule has 3 N–H and O–H groups in total. The number of hydrazone groups is 1. The van der Waals surface area contributed by atoms with Crippen molar-refractivity contribution in [2.45, 2.75) is 6.42 Å². The fourth-order valence-corrected chi connectivity index (χ4v) is 2.22. The Bertz CT molecular complexity index is 760. The first-order valence-electron chi connectivity index (χ1n) is 7.33. The van der Waals surface area contributed by atoms with Gasteiger partial charge in [-0.15, -0.1) is 6.58 Å². The highest BCUT2D eigenvalue weighted by Crippen LogP contribution is 2.21.